The van der Waals surface area contributed by atoms with E-state index in [4.69, 9.17) is 9.56 Å². The van der Waals surface area contributed by atoms with Crippen LogP contribution in [0.4, 0.5) is 0 Å². The van der Waals surface area contributed by atoms with Crippen molar-refractivity contribution in [2.24, 2.45) is 5.14 Å². The molecule has 2 rings (SSSR count). The lowest BCUT2D eigenvalue weighted by Crippen LogP contribution is -2.17. The van der Waals surface area contributed by atoms with Crippen LogP contribution in [0.3, 0.4) is 0 Å². The summed E-state index contributed by atoms with van der Waals surface area (Å²) in [6.07, 6.45) is 0. The number of halogens is 1. The Morgan fingerprint density at radius 2 is 2.10 bits per heavy atom. The molecule has 2 aromatic rings. The zero-order valence-electron chi connectivity index (χ0n) is 10.8. The summed E-state index contributed by atoms with van der Waals surface area (Å²) < 4.78 is 28.4. The number of nitrogens with two attached hydrogens (primary N) is 1. The molecule has 0 saturated carbocycles. The predicted octanol–water partition coefficient (Wildman–Crippen LogP) is 2.54. The SMILES string of the molecule is CC(NCc1ccc(S(N)(=O)=O)o1)c1cccc(Br)c1. The van der Waals surface area contributed by atoms with Crippen molar-refractivity contribution in [3.05, 3.63) is 52.2 Å². The van der Waals surface area contributed by atoms with Gasteiger partial charge >= 0.3 is 0 Å². The monoisotopic (exact) mass is 358 g/mol. The maximum atomic E-state index is 11.1. The molecule has 0 amide bonds. The van der Waals surface area contributed by atoms with E-state index < -0.39 is 10.0 Å². The molecule has 0 saturated heterocycles. The molecule has 7 heteroatoms. The standard InChI is InChI=1S/C13H15BrN2O3S/c1-9(10-3-2-4-11(14)7-10)16-8-12-5-6-13(19-12)20(15,17)18/h2-7,9,16H,8H2,1H3,(H2,15,17,18). The summed E-state index contributed by atoms with van der Waals surface area (Å²) in [5.41, 5.74) is 1.12. The highest BCUT2D eigenvalue weighted by Crippen LogP contribution is 2.19. The first-order valence-electron chi connectivity index (χ1n) is 5.96. The fourth-order valence-electron chi connectivity index (χ4n) is 1.75. The summed E-state index contributed by atoms with van der Waals surface area (Å²) >= 11 is 3.42. The van der Waals surface area contributed by atoms with E-state index in [2.05, 4.69) is 21.2 Å². The van der Waals surface area contributed by atoms with Crippen molar-refractivity contribution in [2.75, 3.05) is 0 Å². The van der Waals surface area contributed by atoms with Gasteiger partial charge in [-0.25, -0.2) is 13.6 Å². The summed E-state index contributed by atoms with van der Waals surface area (Å²) in [4.78, 5) is 0. The van der Waals surface area contributed by atoms with Crippen LogP contribution in [0, 0.1) is 0 Å². The molecule has 0 bridgehead atoms. The molecule has 108 valence electrons. The van der Waals surface area contributed by atoms with E-state index in [0.717, 1.165) is 10.0 Å². The number of sulfonamides is 1. The van der Waals surface area contributed by atoms with Gasteiger partial charge in [-0.3, -0.25) is 0 Å². The van der Waals surface area contributed by atoms with Gasteiger partial charge in [-0.05, 0) is 36.8 Å². The number of hydrogen-bond acceptors (Lipinski definition) is 4. The minimum absolute atomic E-state index is 0.107. The number of hydrogen-bond donors (Lipinski definition) is 2. The summed E-state index contributed by atoms with van der Waals surface area (Å²) in [6, 6.07) is 11.0. The summed E-state index contributed by atoms with van der Waals surface area (Å²) in [5, 5.41) is 8.03. The number of furan rings is 1. The first kappa shape index (κ1) is 15.2. The Hall–Kier alpha value is -1.15. The minimum Gasteiger partial charge on any atom is -0.447 e. The number of benzene rings is 1. The van der Waals surface area contributed by atoms with Crippen LogP contribution < -0.4 is 10.5 Å². The van der Waals surface area contributed by atoms with Crippen LogP contribution in [0.5, 0.6) is 0 Å². The van der Waals surface area contributed by atoms with Gasteiger partial charge in [0.2, 0.25) is 5.09 Å². The Bertz CT molecular complexity index is 697. The van der Waals surface area contributed by atoms with Gasteiger partial charge in [0.25, 0.3) is 10.0 Å². The van der Waals surface area contributed by atoms with Crippen molar-refractivity contribution in [2.45, 2.75) is 24.6 Å². The van der Waals surface area contributed by atoms with Crippen LogP contribution in [-0.4, -0.2) is 8.42 Å². The van der Waals surface area contributed by atoms with Gasteiger partial charge in [0, 0.05) is 10.5 Å². The Balaban J connectivity index is 2.00. The van der Waals surface area contributed by atoms with Crippen molar-refractivity contribution in [3.8, 4) is 0 Å². The molecule has 1 heterocycles. The molecule has 1 unspecified atom stereocenters. The highest BCUT2D eigenvalue weighted by molar-refractivity contribution is 9.10. The van der Waals surface area contributed by atoms with Gasteiger partial charge in [-0.2, -0.15) is 0 Å². The Labute approximate surface area is 126 Å². The van der Waals surface area contributed by atoms with Crippen molar-refractivity contribution in [3.63, 3.8) is 0 Å². The van der Waals surface area contributed by atoms with E-state index in [1.807, 2.05) is 31.2 Å². The fourth-order valence-corrected chi connectivity index (χ4v) is 2.65. The van der Waals surface area contributed by atoms with Crippen molar-refractivity contribution >= 4 is 26.0 Å². The van der Waals surface area contributed by atoms with E-state index in [1.54, 1.807) is 6.07 Å². The van der Waals surface area contributed by atoms with Crippen molar-refractivity contribution in [1.29, 1.82) is 0 Å². The van der Waals surface area contributed by atoms with Gasteiger partial charge < -0.3 is 9.73 Å². The lowest BCUT2D eigenvalue weighted by Gasteiger charge is -2.13. The van der Waals surface area contributed by atoms with Gasteiger partial charge in [-0.1, -0.05) is 28.1 Å². The lowest BCUT2D eigenvalue weighted by atomic mass is 10.1. The van der Waals surface area contributed by atoms with Gasteiger partial charge in [-0.15, -0.1) is 0 Å². The minimum atomic E-state index is -3.78. The molecule has 3 N–H and O–H groups in total. The maximum Gasteiger partial charge on any atom is 0.271 e. The Morgan fingerprint density at radius 3 is 2.70 bits per heavy atom. The Morgan fingerprint density at radius 1 is 1.35 bits per heavy atom. The fraction of sp³-hybridized carbons (Fsp3) is 0.231. The first-order valence-corrected chi connectivity index (χ1v) is 8.30. The van der Waals surface area contributed by atoms with Crippen LogP contribution in [0.2, 0.25) is 0 Å². The first-order chi connectivity index (χ1) is 9.36. The normalized spacial score (nSPS) is 13.3. The van der Waals surface area contributed by atoms with Gasteiger partial charge in [0.15, 0.2) is 0 Å². The number of rotatable bonds is 5. The third kappa shape index (κ3) is 3.92. The van der Waals surface area contributed by atoms with Crippen LogP contribution in [0.1, 0.15) is 24.3 Å². The number of nitrogens with one attached hydrogen (secondary N) is 1. The van der Waals surface area contributed by atoms with E-state index in [-0.39, 0.29) is 11.1 Å². The molecule has 1 aromatic heterocycles. The van der Waals surface area contributed by atoms with Gasteiger partial charge in [0.1, 0.15) is 5.76 Å². The van der Waals surface area contributed by atoms with E-state index in [1.165, 1.54) is 6.07 Å². The van der Waals surface area contributed by atoms with Crippen LogP contribution in [0.25, 0.3) is 0 Å². The molecule has 1 atom stereocenters. The van der Waals surface area contributed by atoms with Crippen LogP contribution in [-0.2, 0) is 16.6 Å². The Kier molecular flexibility index (Phi) is 4.64. The molecule has 0 spiro atoms. The smallest absolute Gasteiger partial charge is 0.271 e. The van der Waals surface area contributed by atoms with Gasteiger partial charge in [0.05, 0.1) is 6.54 Å². The summed E-state index contributed by atoms with van der Waals surface area (Å²) in [7, 11) is -3.78. The summed E-state index contributed by atoms with van der Waals surface area (Å²) in [5.74, 6) is 0.524. The molecule has 0 radical (unpaired) electrons. The zero-order chi connectivity index (χ0) is 14.8. The van der Waals surface area contributed by atoms with E-state index >= 15 is 0 Å². The van der Waals surface area contributed by atoms with Crippen LogP contribution >= 0.6 is 15.9 Å². The molecule has 1 aromatic carbocycles. The lowest BCUT2D eigenvalue weighted by molar-refractivity contribution is 0.393. The van der Waals surface area contributed by atoms with Crippen molar-refractivity contribution < 1.29 is 12.8 Å². The average molecular weight is 359 g/mol. The molecular weight excluding hydrogens is 344 g/mol. The van der Waals surface area contributed by atoms with E-state index in [9.17, 15) is 8.42 Å². The molecule has 0 aliphatic heterocycles. The third-order valence-corrected chi connectivity index (χ3v) is 4.12. The number of primary sulfonamides is 1. The largest absolute Gasteiger partial charge is 0.447 e. The highest BCUT2D eigenvalue weighted by Gasteiger charge is 2.13. The topological polar surface area (TPSA) is 85.3 Å². The molecule has 5 nitrogen and oxygen atoms in total. The van der Waals surface area contributed by atoms with Crippen molar-refractivity contribution in [1.82, 2.24) is 5.32 Å². The van der Waals surface area contributed by atoms with E-state index in [0.29, 0.717) is 12.3 Å². The predicted molar refractivity (Wildman–Crippen MR) is 79.5 cm³/mol. The maximum absolute atomic E-state index is 11.1. The molecule has 20 heavy (non-hydrogen) atoms. The molecule has 0 aliphatic carbocycles. The molecular formula is C13H15BrN2O3S. The second-order valence-corrected chi connectivity index (χ2v) is 6.83. The summed E-state index contributed by atoms with van der Waals surface area (Å²) in [6.45, 7) is 2.44. The molecule has 0 fully saturated rings. The quantitative estimate of drug-likeness (QED) is 0.859. The van der Waals surface area contributed by atoms with Crippen LogP contribution in [0.15, 0.2) is 50.4 Å². The third-order valence-electron chi connectivity index (χ3n) is 2.85. The average Bonchev–Trinajstić information content (AvgIpc) is 2.84. The molecule has 0 aliphatic rings. The zero-order valence-corrected chi connectivity index (χ0v) is 13.2. The second kappa shape index (κ2) is 6.09. The second-order valence-electron chi connectivity index (χ2n) is 4.42. The highest BCUT2D eigenvalue weighted by atomic mass is 79.9.